The van der Waals surface area contributed by atoms with Crippen molar-refractivity contribution in [2.75, 3.05) is 18.4 Å². The highest BCUT2D eigenvalue weighted by Gasteiger charge is 2.25. The van der Waals surface area contributed by atoms with Crippen molar-refractivity contribution in [1.82, 2.24) is 25.3 Å². The van der Waals surface area contributed by atoms with Gasteiger partial charge in [-0.3, -0.25) is 10.4 Å². The molecule has 2 amide bonds. The smallest absolute Gasteiger partial charge is 0.323 e. The monoisotopic (exact) mass is 342 g/mol. The highest BCUT2D eigenvalue weighted by Crippen LogP contribution is 2.29. The minimum atomic E-state index is -0.111. The summed E-state index contributed by atoms with van der Waals surface area (Å²) >= 11 is 0. The number of rotatable bonds is 2. The summed E-state index contributed by atoms with van der Waals surface area (Å²) in [6, 6.07) is 3.61. The molecule has 0 saturated carbocycles. The van der Waals surface area contributed by atoms with Crippen molar-refractivity contribution < 1.29 is 4.79 Å². The Kier molecular flexibility index (Phi) is 4.74. The van der Waals surface area contributed by atoms with Crippen LogP contribution >= 0.6 is 0 Å². The second-order valence-electron chi connectivity index (χ2n) is 7.70. The molecule has 0 bridgehead atoms. The average Bonchev–Trinajstić information content (AvgIpc) is 3.01. The number of amides is 2. The first-order chi connectivity index (χ1) is 11.8. The summed E-state index contributed by atoms with van der Waals surface area (Å²) in [6.07, 6.45) is 3.80. The number of aryl methyl sites for hydroxylation is 1. The maximum atomic E-state index is 12.4. The second kappa shape index (κ2) is 6.82. The van der Waals surface area contributed by atoms with Crippen molar-refractivity contribution >= 4 is 11.8 Å². The van der Waals surface area contributed by atoms with Crippen LogP contribution in [-0.4, -0.2) is 44.4 Å². The molecule has 0 radical (unpaired) electrons. The molecule has 2 N–H and O–H groups in total. The lowest BCUT2D eigenvalue weighted by atomic mass is 9.90. The Balaban J connectivity index is 1.55. The fourth-order valence-corrected chi connectivity index (χ4v) is 3.15. The molecule has 1 aliphatic heterocycles. The summed E-state index contributed by atoms with van der Waals surface area (Å²) in [4.78, 5) is 14.3. The zero-order valence-electron chi connectivity index (χ0n) is 15.3. The third-order valence-corrected chi connectivity index (χ3v) is 4.76. The Morgan fingerprint density at radius 1 is 1.24 bits per heavy atom. The van der Waals surface area contributed by atoms with Crippen molar-refractivity contribution in [3.05, 3.63) is 35.3 Å². The SMILES string of the molecule is Cc1[nH]ncc1C1CCN(C(=O)Nc2ccc(C(C)(C)C)nn2)CC1. The average molecular weight is 342 g/mol. The number of aromatic amines is 1. The van der Waals surface area contributed by atoms with E-state index in [9.17, 15) is 4.79 Å². The number of nitrogens with one attached hydrogen (secondary N) is 2. The minimum absolute atomic E-state index is 0.0529. The third-order valence-electron chi connectivity index (χ3n) is 4.76. The Hall–Kier alpha value is -2.44. The first-order valence-corrected chi connectivity index (χ1v) is 8.74. The number of carbonyl (C=O) groups excluding carboxylic acids is 1. The molecular formula is C18H26N6O. The van der Waals surface area contributed by atoms with Crippen molar-refractivity contribution in [2.45, 2.75) is 51.9 Å². The fourth-order valence-electron chi connectivity index (χ4n) is 3.15. The van der Waals surface area contributed by atoms with E-state index in [0.29, 0.717) is 11.7 Å². The number of nitrogens with zero attached hydrogens (tertiary/aromatic N) is 4. The molecule has 1 saturated heterocycles. The second-order valence-corrected chi connectivity index (χ2v) is 7.70. The maximum Gasteiger partial charge on any atom is 0.323 e. The number of hydrogen-bond acceptors (Lipinski definition) is 4. The molecule has 3 rings (SSSR count). The van der Waals surface area contributed by atoms with Crippen molar-refractivity contribution in [2.24, 2.45) is 0 Å². The van der Waals surface area contributed by atoms with E-state index in [0.717, 1.165) is 37.3 Å². The summed E-state index contributed by atoms with van der Waals surface area (Å²) in [6.45, 7) is 9.76. The number of piperidine rings is 1. The molecule has 7 nitrogen and oxygen atoms in total. The lowest BCUT2D eigenvalue weighted by Crippen LogP contribution is -2.40. The van der Waals surface area contributed by atoms with Gasteiger partial charge in [0.2, 0.25) is 0 Å². The van der Waals surface area contributed by atoms with Gasteiger partial charge in [-0.2, -0.15) is 10.2 Å². The van der Waals surface area contributed by atoms with Gasteiger partial charge in [0.1, 0.15) is 0 Å². The highest BCUT2D eigenvalue weighted by molar-refractivity contribution is 5.88. The van der Waals surface area contributed by atoms with Crippen LogP contribution in [0.3, 0.4) is 0 Å². The third kappa shape index (κ3) is 3.97. The Labute approximate surface area is 148 Å². The van der Waals surface area contributed by atoms with Gasteiger partial charge in [0.15, 0.2) is 5.82 Å². The lowest BCUT2D eigenvalue weighted by molar-refractivity contribution is 0.194. The Bertz CT molecular complexity index is 723. The zero-order valence-corrected chi connectivity index (χ0v) is 15.3. The molecule has 0 atom stereocenters. The van der Waals surface area contributed by atoms with Gasteiger partial charge in [0, 0.05) is 24.2 Å². The molecule has 134 valence electrons. The van der Waals surface area contributed by atoms with Gasteiger partial charge >= 0.3 is 6.03 Å². The molecular weight excluding hydrogens is 316 g/mol. The van der Waals surface area contributed by atoms with Crippen molar-refractivity contribution in [3.63, 3.8) is 0 Å². The van der Waals surface area contributed by atoms with Crippen LogP contribution in [0, 0.1) is 6.92 Å². The number of carbonyl (C=O) groups is 1. The molecule has 7 heteroatoms. The number of hydrogen-bond donors (Lipinski definition) is 2. The molecule has 2 aromatic rings. The predicted octanol–water partition coefficient (Wildman–Crippen LogP) is 3.22. The maximum absolute atomic E-state index is 12.4. The van der Waals surface area contributed by atoms with Crippen LogP contribution in [-0.2, 0) is 5.41 Å². The molecule has 0 aromatic carbocycles. The van der Waals surface area contributed by atoms with E-state index in [1.165, 1.54) is 5.56 Å². The molecule has 0 unspecified atom stereocenters. The van der Waals surface area contributed by atoms with Gasteiger partial charge in [0.25, 0.3) is 0 Å². The van der Waals surface area contributed by atoms with Crippen LogP contribution < -0.4 is 5.32 Å². The summed E-state index contributed by atoms with van der Waals surface area (Å²) in [5.74, 6) is 0.958. The van der Waals surface area contributed by atoms with E-state index in [4.69, 9.17) is 0 Å². The number of aromatic nitrogens is 4. The lowest BCUT2D eigenvalue weighted by Gasteiger charge is -2.31. The van der Waals surface area contributed by atoms with Crippen LogP contribution in [0.4, 0.5) is 10.6 Å². The first kappa shape index (κ1) is 17.4. The molecule has 3 heterocycles. The highest BCUT2D eigenvalue weighted by atomic mass is 16.2. The van der Waals surface area contributed by atoms with E-state index >= 15 is 0 Å². The van der Waals surface area contributed by atoms with Crippen LogP contribution in [0.2, 0.25) is 0 Å². The zero-order chi connectivity index (χ0) is 18.0. The predicted molar refractivity (Wildman–Crippen MR) is 96.6 cm³/mol. The molecule has 2 aromatic heterocycles. The van der Waals surface area contributed by atoms with Gasteiger partial charge in [-0.1, -0.05) is 20.8 Å². The largest absolute Gasteiger partial charge is 0.324 e. The fraction of sp³-hybridized carbons (Fsp3) is 0.556. The number of H-pyrrole nitrogens is 1. The Morgan fingerprint density at radius 2 is 1.96 bits per heavy atom. The van der Waals surface area contributed by atoms with E-state index < -0.39 is 0 Å². The van der Waals surface area contributed by atoms with E-state index in [-0.39, 0.29) is 11.4 Å². The van der Waals surface area contributed by atoms with E-state index in [1.54, 1.807) is 0 Å². The van der Waals surface area contributed by atoms with Crippen molar-refractivity contribution in [3.8, 4) is 0 Å². The molecule has 0 aliphatic carbocycles. The van der Waals surface area contributed by atoms with Gasteiger partial charge in [-0.05, 0) is 43.4 Å². The van der Waals surface area contributed by atoms with E-state index in [2.05, 4.69) is 46.5 Å². The van der Waals surface area contributed by atoms with Crippen molar-refractivity contribution in [1.29, 1.82) is 0 Å². The Morgan fingerprint density at radius 3 is 2.48 bits per heavy atom. The quantitative estimate of drug-likeness (QED) is 0.877. The summed E-state index contributed by atoms with van der Waals surface area (Å²) in [7, 11) is 0. The van der Waals surface area contributed by atoms with Gasteiger partial charge in [-0.15, -0.1) is 5.10 Å². The minimum Gasteiger partial charge on any atom is -0.324 e. The molecule has 1 fully saturated rings. The first-order valence-electron chi connectivity index (χ1n) is 8.74. The van der Waals surface area contributed by atoms with Crippen LogP contribution in [0.1, 0.15) is 56.5 Å². The molecule has 1 aliphatic rings. The number of urea groups is 1. The van der Waals surface area contributed by atoms with E-state index in [1.807, 2.05) is 30.2 Å². The molecule has 0 spiro atoms. The normalized spacial score (nSPS) is 16.1. The summed E-state index contributed by atoms with van der Waals surface area (Å²) in [5.41, 5.74) is 3.24. The van der Waals surface area contributed by atoms with Gasteiger partial charge in [-0.25, -0.2) is 4.79 Å². The number of likely N-dealkylation sites (tertiary alicyclic amines) is 1. The van der Waals surface area contributed by atoms with Crippen LogP contribution in [0.5, 0.6) is 0 Å². The standard InChI is InChI=1S/C18H26N6O/c1-12-14(11-19-21-12)13-7-9-24(10-8-13)17(25)20-16-6-5-15(22-23-16)18(2,3)4/h5-6,11,13H,7-10H2,1-4H3,(H,19,21)(H,20,23,25). The van der Waals surface area contributed by atoms with Gasteiger partial charge in [0.05, 0.1) is 11.9 Å². The van der Waals surface area contributed by atoms with Gasteiger partial charge < -0.3 is 4.90 Å². The molecule has 25 heavy (non-hydrogen) atoms. The topological polar surface area (TPSA) is 86.8 Å². The summed E-state index contributed by atoms with van der Waals surface area (Å²) in [5, 5.41) is 18.3. The number of anilines is 1. The summed E-state index contributed by atoms with van der Waals surface area (Å²) < 4.78 is 0. The van der Waals surface area contributed by atoms with Crippen LogP contribution in [0.15, 0.2) is 18.3 Å². The van der Waals surface area contributed by atoms with Crippen LogP contribution in [0.25, 0.3) is 0 Å².